The van der Waals surface area contributed by atoms with Crippen LogP contribution in [0.5, 0.6) is 0 Å². The highest BCUT2D eigenvalue weighted by atomic mass is 35.5. The SMILES string of the molecule is NC(Cc1ccc(C(Cl)P(=O)(O)O)cc1)C(=O)O. The van der Waals surface area contributed by atoms with Gasteiger partial charge in [0.25, 0.3) is 0 Å². The molecule has 0 amide bonds. The Kier molecular flexibility index (Phi) is 4.90. The van der Waals surface area contributed by atoms with Gasteiger partial charge in [0.1, 0.15) is 6.04 Å². The molecule has 0 aliphatic heterocycles. The Balaban J connectivity index is 2.81. The van der Waals surface area contributed by atoms with E-state index in [9.17, 15) is 9.36 Å². The zero-order valence-corrected chi connectivity index (χ0v) is 10.9. The summed E-state index contributed by atoms with van der Waals surface area (Å²) < 4.78 is 10.9. The molecule has 0 aliphatic rings. The summed E-state index contributed by atoms with van der Waals surface area (Å²) in [5, 5.41) is 7.24. The fourth-order valence-corrected chi connectivity index (χ4v) is 2.05. The van der Waals surface area contributed by atoms with E-state index in [0.29, 0.717) is 5.56 Å². The number of carboxylic acids is 1. The van der Waals surface area contributed by atoms with Crippen molar-refractivity contribution in [3.63, 3.8) is 0 Å². The first kappa shape index (κ1) is 15.1. The number of halogens is 1. The van der Waals surface area contributed by atoms with E-state index in [-0.39, 0.29) is 12.0 Å². The molecule has 5 N–H and O–H groups in total. The predicted octanol–water partition coefficient (Wildman–Crippen LogP) is 1.06. The van der Waals surface area contributed by atoms with E-state index in [1.165, 1.54) is 12.1 Å². The Labute approximate surface area is 109 Å². The van der Waals surface area contributed by atoms with Crippen LogP contribution in [0.1, 0.15) is 16.2 Å². The lowest BCUT2D eigenvalue weighted by molar-refractivity contribution is -0.138. The fraction of sp³-hybridized carbons (Fsp3) is 0.300. The quantitative estimate of drug-likeness (QED) is 0.476. The maximum absolute atomic E-state index is 10.9. The number of alkyl halides is 1. The average Bonchev–Trinajstić information content (AvgIpc) is 2.27. The molecular weight excluding hydrogens is 281 g/mol. The number of nitrogens with two attached hydrogens (primary N) is 1. The number of carbonyl (C=O) groups is 1. The summed E-state index contributed by atoms with van der Waals surface area (Å²) in [5.41, 5.74) is 6.30. The van der Waals surface area contributed by atoms with Crippen LogP contribution in [0, 0.1) is 0 Å². The van der Waals surface area contributed by atoms with Crippen LogP contribution in [0.2, 0.25) is 0 Å². The van der Waals surface area contributed by atoms with E-state index in [1.807, 2.05) is 0 Å². The molecule has 2 atom stereocenters. The minimum Gasteiger partial charge on any atom is -0.480 e. The van der Waals surface area contributed by atoms with E-state index in [2.05, 4.69) is 0 Å². The minimum absolute atomic E-state index is 0.137. The first-order chi connectivity index (χ1) is 8.21. The normalized spacial score (nSPS) is 15.1. The van der Waals surface area contributed by atoms with Crippen molar-refractivity contribution in [3.05, 3.63) is 35.4 Å². The maximum atomic E-state index is 10.9. The molecule has 1 aromatic rings. The van der Waals surface area contributed by atoms with Crippen molar-refractivity contribution >= 4 is 25.2 Å². The Bertz CT molecular complexity index is 472. The molecule has 8 heteroatoms. The fourth-order valence-electron chi connectivity index (χ4n) is 1.35. The van der Waals surface area contributed by atoms with Crippen molar-refractivity contribution in [1.82, 2.24) is 0 Å². The van der Waals surface area contributed by atoms with Crippen molar-refractivity contribution in [3.8, 4) is 0 Å². The molecule has 0 bridgehead atoms. The number of hydrogen-bond donors (Lipinski definition) is 4. The van der Waals surface area contributed by atoms with E-state index in [1.54, 1.807) is 12.1 Å². The first-order valence-corrected chi connectivity index (χ1v) is 7.10. The van der Waals surface area contributed by atoms with Crippen molar-refractivity contribution in [1.29, 1.82) is 0 Å². The molecule has 0 saturated heterocycles. The lowest BCUT2D eigenvalue weighted by Gasteiger charge is -2.12. The van der Waals surface area contributed by atoms with Crippen LogP contribution in [0.4, 0.5) is 0 Å². The summed E-state index contributed by atoms with van der Waals surface area (Å²) >= 11 is 5.61. The molecule has 1 rings (SSSR count). The molecule has 2 unspecified atom stereocenters. The molecule has 0 saturated carbocycles. The third-order valence-electron chi connectivity index (χ3n) is 2.32. The van der Waals surface area contributed by atoms with Crippen molar-refractivity contribution in [2.45, 2.75) is 17.6 Å². The van der Waals surface area contributed by atoms with E-state index >= 15 is 0 Å². The Morgan fingerprint density at radius 1 is 1.33 bits per heavy atom. The van der Waals surface area contributed by atoms with Crippen molar-refractivity contribution in [2.24, 2.45) is 5.73 Å². The highest BCUT2D eigenvalue weighted by Gasteiger charge is 2.27. The number of benzene rings is 1. The average molecular weight is 294 g/mol. The molecule has 1 aromatic carbocycles. The van der Waals surface area contributed by atoms with Gasteiger partial charge in [0.05, 0.1) is 0 Å². The Morgan fingerprint density at radius 3 is 2.22 bits per heavy atom. The summed E-state index contributed by atoms with van der Waals surface area (Å²) in [6.07, 6.45) is 0.137. The number of carboxylic acid groups (broad SMARTS) is 1. The van der Waals surface area contributed by atoms with Crippen LogP contribution in [-0.4, -0.2) is 26.9 Å². The van der Waals surface area contributed by atoms with Crippen LogP contribution >= 0.6 is 19.2 Å². The monoisotopic (exact) mass is 293 g/mol. The van der Waals surface area contributed by atoms with E-state index in [0.717, 1.165) is 0 Å². The summed E-state index contributed by atoms with van der Waals surface area (Å²) in [4.78, 5) is 28.4. The predicted molar refractivity (Wildman–Crippen MR) is 66.4 cm³/mol. The molecule has 18 heavy (non-hydrogen) atoms. The number of aliphatic carboxylic acids is 1. The standard InChI is InChI=1S/C10H13ClNO5P/c11-9(18(15,16)17)7-3-1-6(2-4-7)5-8(12)10(13)14/h1-4,8-9H,5,12H2,(H,13,14)(H2,15,16,17). The van der Waals surface area contributed by atoms with Gasteiger partial charge in [-0.05, 0) is 17.5 Å². The molecule has 0 heterocycles. The smallest absolute Gasteiger partial charge is 0.347 e. The Hall–Kier alpha value is -0.910. The summed E-state index contributed by atoms with van der Waals surface area (Å²) in [6.45, 7) is 0. The molecule has 6 nitrogen and oxygen atoms in total. The second-order valence-corrected chi connectivity index (χ2v) is 6.25. The lowest BCUT2D eigenvalue weighted by Crippen LogP contribution is -2.32. The van der Waals surface area contributed by atoms with Gasteiger partial charge in [-0.3, -0.25) is 9.36 Å². The minimum atomic E-state index is -4.39. The van der Waals surface area contributed by atoms with E-state index in [4.69, 9.17) is 32.2 Å². The molecule has 0 fully saturated rings. The Morgan fingerprint density at radius 2 is 1.83 bits per heavy atom. The lowest BCUT2D eigenvalue weighted by atomic mass is 10.1. The van der Waals surface area contributed by atoms with Gasteiger partial charge in [0.15, 0.2) is 5.12 Å². The number of rotatable bonds is 5. The largest absolute Gasteiger partial charge is 0.480 e. The van der Waals surface area contributed by atoms with Gasteiger partial charge < -0.3 is 20.6 Å². The van der Waals surface area contributed by atoms with Crippen molar-refractivity contribution < 1.29 is 24.3 Å². The van der Waals surface area contributed by atoms with Crippen LogP contribution < -0.4 is 5.73 Å². The van der Waals surface area contributed by atoms with Gasteiger partial charge in [0, 0.05) is 0 Å². The summed E-state index contributed by atoms with van der Waals surface area (Å²) in [7, 11) is -4.39. The van der Waals surface area contributed by atoms with Gasteiger partial charge in [-0.2, -0.15) is 0 Å². The molecule has 0 aromatic heterocycles. The highest BCUT2D eigenvalue weighted by molar-refractivity contribution is 7.54. The van der Waals surface area contributed by atoms with Crippen LogP contribution in [0.3, 0.4) is 0 Å². The van der Waals surface area contributed by atoms with Gasteiger partial charge in [-0.25, -0.2) is 0 Å². The molecule has 100 valence electrons. The van der Waals surface area contributed by atoms with Crippen LogP contribution in [0.25, 0.3) is 0 Å². The molecule has 0 spiro atoms. The molecular formula is C10H13ClNO5P. The zero-order valence-electron chi connectivity index (χ0n) is 9.23. The number of hydrogen-bond acceptors (Lipinski definition) is 3. The third kappa shape index (κ3) is 4.08. The van der Waals surface area contributed by atoms with Gasteiger partial charge in [-0.1, -0.05) is 24.3 Å². The zero-order chi connectivity index (χ0) is 13.9. The van der Waals surface area contributed by atoms with Crippen LogP contribution in [-0.2, 0) is 15.8 Å². The molecule has 0 aliphatic carbocycles. The summed E-state index contributed by atoms with van der Waals surface area (Å²) in [5.74, 6) is -1.11. The second kappa shape index (κ2) is 5.82. The van der Waals surface area contributed by atoms with Crippen LogP contribution in [0.15, 0.2) is 24.3 Å². The highest BCUT2D eigenvalue weighted by Crippen LogP contribution is 2.54. The summed E-state index contributed by atoms with van der Waals surface area (Å²) in [6, 6.07) is 4.97. The third-order valence-corrected chi connectivity index (χ3v) is 4.23. The second-order valence-electron chi connectivity index (χ2n) is 3.82. The van der Waals surface area contributed by atoms with Gasteiger partial charge in [0.2, 0.25) is 0 Å². The first-order valence-electron chi connectivity index (χ1n) is 4.98. The molecule has 0 radical (unpaired) electrons. The van der Waals surface area contributed by atoms with Crippen molar-refractivity contribution in [2.75, 3.05) is 0 Å². The van der Waals surface area contributed by atoms with E-state index < -0.39 is 24.7 Å². The topological polar surface area (TPSA) is 121 Å². The maximum Gasteiger partial charge on any atom is 0.347 e. The van der Waals surface area contributed by atoms with Gasteiger partial charge in [-0.15, -0.1) is 11.6 Å². The van der Waals surface area contributed by atoms with Gasteiger partial charge >= 0.3 is 13.6 Å².